The summed E-state index contributed by atoms with van der Waals surface area (Å²) >= 11 is 1.50. The van der Waals surface area contributed by atoms with E-state index in [1.165, 1.54) is 23.0 Å². The highest BCUT2D eigenvalue weighted by molar-refractivity contribution is 8.00. The van der Waals surface area contributed by atoms with Gasteiger partial charge in [0, 0.05) is 38.5 Å². The van der Waals surface area contributed by atoms with E-state index in [9.17, 15) is 13.2 Å². The fourth-order valence-electron chi connectivity index (χ4n) is 5.08. The van der Waals surface area contributed by atoms with Crippen molar-refractivity contribution in [2.75, 3.05) is 52.3 Å². The van der Waals surface area contributed by atoms with Crippen molar-refractivity contribution in [3.63, 3.8) is 0 Å². The Morgan fingerprint density at radius 1 is 1.05 bits per heavy atom. The molecule has 4 rings (SSSR count). The highest BCUT2D eigenvalue weighted by Crippen LogP contribution is 2.51. The number of likely N-dealkylation sites (tertiary alicyclic amines) is 1. The van der Waals surface area contributed by atoms with Crippen LogP contribution in [0.15, 0.2) is 51.1 Å². The zero-order chi connectivity index (χ0) is 31.9. The van der Waals surface area contributed by atoms with Gasteiger partial charge in [0.1, 0.15) is 11.9 Å². The third-order valence-electron chi connectivity index (χ3n) is 7.36. The first-order valence-corrected chi connectivity index (χ1v) is 16.1. The molecule has 1 fully saturated rings. The minimum absolute atomic E-state index is 0.0406. The second-order valence-electron chi connectivity index (χ2n) is 10.4. The number of aliphatic carboxylic acids is 2. The van der Waals surface area contributed by atoms with Gasteiger partial charge in [-0.1, -0.05) is 17.8 Å². The maximum absolute atomic E-state index is 13.1. The van der Waals surface area contributed by atoms with Gasteiger partial charge in [0.25, 0.3) is 0 Å². The average Bonchev–Trinajstić information content (AvgIpc) is 2.96. The molecule has 236 valence electrons. The third-order valence-corrected chi connectivity index (χ3v) is 10.5. The summed E-state index contributed by atoms with van der Waals surface area (Å²) in [5, 5.41) is 14.8. The number of carbonyl (C=O) groups excluding carboxylic acids is 1. The minimum atomic E-state index is -3.59. The van der Waals surface area contributed by atoms with Gasteiger partial charge in [-0.2, -0.15) is 0 Å². The van der Waals surface area contributed by atoms with E-state index in [0.29, 0.717) is 10.8 Å². The number of carboxylic acids is 2. The van der Waals surface area contributed by atoms with Gasteiger partial charge in [-0.25, -0.2) is 22.3 Å². The number of esters is 1. The zero-order valence-corrected chi connectivity index (χ0v) is 26.6. The number of hydrogen-bond acceptors (Lipinski definition) is 10. The maximum Gasteiger partial charge on any atom is 0.414 e. The lowest BCUT2D eigenvalue weighted by atomic mass is 9.92. The lowest BCUT2D eigenvalue weighted by Crippen LogP contribution is -2.39. The molecule has 14 heteroatoms. The van der Waals surface area contributed by atoms with Gasteiger partial charge in [0.05, 0.1) is 28.3 Å². The number of carbonyl (C=O) groups is 3. The smallest absolute Gasteiger partial charge is 0.414 e. The second kappa shape index (κ2) is 14.9. The van der Waals surface area contributed by atoms with Crippen molar-refractivity contribution in [3.8, 4) is 5.75 Å². The van der Waals surface area contributed by atoms with Gasteiger partial charge in [0.2, 0.25) is 10.0 Å². The van der Waals surface area contributed by atoms with Crippen LogP contribution in [-0.4, -0.2) is 99.2 Å². The van der Waals surface area contributed by atoms with E-state index >= 15 is 0 Å². The standard InChI is InChI=1S/C27H37N3O5S2.C2H2O4/c1-19(35-20(2)31)21-12-16-29(17-13-21)14-7-15-30-23-8-6-9-26(37(32,33)28(3)4)27(23)36-25-11-10-22(34-5)18-24(25)30;3-1(4)2(5)6/h6,8-11,18-19,21H,7,12-17H2,1-5H3;(H,3,4)(H,5,6). The summed E-state index contributed by atoms with van der Waals surface area (Å²) in [5.74, 6) is -2.69. The van der Waals surface area contributed by atoms with E-state index in [1.54, 1.807) is 27.3 Å². The number of benzene rings is 2. The molecule has 0 radical (unpaired) electrons. The van der Waals surface area contributed by atoms with E-state index in [2.05, 4.69) is 9.80 Å². The number of ether oxygens (including phenoxy) is 2. The SMILES string of the molecule is COc1ccc2c(c1)N(CCCN1CCC(C(C)OC(C)=O)CC1)c1cccc(S(=O)(=O)N(C)C)c1S2.O=C(O)C(=O)O. The number of carboxylic acid groups (broad SMARTS) is 2. The summed E-state index contributed by atoms with van der Waals surface area (Å²) in [4.78, 5) is 36.3. The molecule has 1 unspecified atom stereocenters. The van der Waals surface area contributed by atoms with E-state index in [-0.39, 0.29) is 12.1 Å². The largest absolute Gasteiger partial charge is 0.497 e. The molecular weight excluding hydrogens is 598 g/mol. The number of rotatable bonds is 9. The molecular formula is C29H39N3O9S2. The Kier molecular flexibility index (Phi) is 11.8. The van der Waals surface area contributed by atoms with Gasteiger partial charge in [-0.05, 0) is 76.0 Å². The molecule has 0 spiro atoms. The van der Waals surface area contributed by atoms with E-state index in [1.807, 2.05) is 37.3 Å². The van der Waals surface area contributed by atoms with Crippen LogP contribution in [0.25, 0.3) is 0 Å². The van der Waals surface area contributed by atoms with Crippen molar-refractivity contribution in [3.05, 3.63) is 36.4 Å². The van der Waals surface area contributed by atoms with E-state index < -0.39 is 22.0 Å². The molecule has 2 aromatic rings. The van der Waals surface area contributed by atoms with Crippen LogP contribution >= 0.6 is 11.8 Å². The zero-order valence-electron chi connectivity index (χ0n) is 25.0. The van der Waals surface area contributed by atoms with Crippen LogP contribution in [0.4, 0.5) is 11.4 Å². The fraction of sp³-hybridized carbons (Fsp3) is 0.483. The van der Waals surface area contributed by atoms with Crippen LogP contribution in [0.3, 0.4) is 0 Å². The van der Waals surface area contributed by atoms with Crippen LogP contribution in [0.5, 0.6) is 5.75 Å². The van der Waals surface area contributed by atoms with Crippen LogP contribution in [0.1, 0.15) is 33.1 Å². The average molecular weight is 638 g/mol. The van der Waals surface area contributed by atoms with Gasteiger partial charge < -0.3 is 29.5 Å². The van der Waals surface area contributed by atoms with Crippen molar-refractivity contribution in [2.45, 2.75) is 53.9 Å². The Hall–Kier alpha value is -3.33. The Bertz CT molecular complexity index is 1410. The molecule has 0 amide bonds. The molecule has 1 saturated heterocycles. The summed E-state index contributed by atoms with van der Waals surface area (Å²) < 4.78 is 38.4. The second-order valence-corrected chi connectivity index (χ2v) is 13.6. The summed E-state index contributed by atoms with van der Waals surface area (Å²) in [6.45, 7) is 7.13. The molecule has 0 bridgehead atoms. The van der Waals surface area contributed by atoms with Crippen molar-refractivity contribution in [1.29, 1.82) is 0 Å². The maximum atomic E-state index is 13.1. The number of piperidine rings is 1. The molecule has 0 aromatic heterocycles. The number of sulfonamides is 1. The van der Waals surface area contributed by atoms with Crippen LogP contribution < -0.4 is 9.64 Å². The molecule has 1 atom stereocenters. The molecule has 0 saturated carbocycles. The van der Waals surface area contributed by atoms with Gasteiger partial charge in [0.15, 0.2) is 0 Å². The lowest BCUT2D eigenvalue weighted by molar-refractivity contribution is -0.159. The highest BCUT2D eigenvalue weighted by atomic mass is 32.2. The molecule has 0 aliphatic carbocycles. The van der Waals surface area contributed by atoms with Crippen LogP contribution in [0, 0.1) is 5.92 Å². The number of methoxy groups -OCH3 is 1. The Labute approximate surface area is 256 Å². The van der Waals surface area contributed by atoms with Gasteiger partial charge in [-0.3, -0.25) is 4.79 Å². The molecule has 2 aliphatic rings. The predicted octanol–water partition coefficient (Wildman–Crippen LogP) is 3.76. The highest BCUT2D eigenvalue weighted by Gasteiger charge is 2.31. The van der Waals surface area contributed by atoms with E-state index in [4.69, 9.17) is 29.3 Å². The Morgan fingerprint density at radius 2 is 1.70 bits per heavy atom. The monoisotopic (exact) mass is 637 g/mol. The fourth-order valence-corrected chi connectivity index (χ4v) is 7.58. The Morgan fingerprint density at radius 3 is 2.26 bits per heavy atom. The minimum Gasteiger partial charge on any atom is -0.497 e. The molecule has 2 heterocycles. The number of fused-ring (bicyclic) bond motifs is 2. The molecule has 43 heavy (non-hydrogen) atoms. The lowest BCUT2D eigenvalue weighted by Gasteiger charge is -2.36. The molecule has 2 N–H and O–H groups in total. The molecule has 2 aromatic carbocycles. The van der Waals surface area contributed by atoms with Crippen molar-refractivity contribution in [2.24, 2.45) is 5.92 Å². The summed E-state index contributed by atoms with van der Waals surface area (Å²) in [6.07, 6.45) is 2.92. The Balaban J connectivity index is 0.000000765. The van der Waals surface area contributed by atoms with Crippen LogP contribution in [0.2, 0.25) is 0 Å². The first kappa shape index (κ1) is 34.2. The van der Waals surface area contributed by atoms with Gasteiger partial charge >= 0.3 is 17.9 Å². The van der Waals surface area contributed by atoms with Gasteiger partial charge in [-0.15, -0.1) is 0 Å². The number of hydrogen-bond donors (Lipinski definition) is 2. The summed E-state index contributed by atoms with van der Waals surface area (Å²) in [5.41, 5.74) is 1.94. The topological polar surface area (TPSA) is 154 Å². The first-order valence-electron chi connectivity index (χ1n) is 13.8. The molecule has 12 nitrogen and oxygen atoms in total. The third kappa shape index (κ3) is 8.62. The quantitative estimate of drug-likeness (QED) is 0.304. The van der Waals surface area contributed by atoms with Crippen molar-refractivity contribution < 1.29 is 42.5 Å². The summed E-state index contributed by atoms with van der Waals surface area (Å²) in [6, 6.07) is 11.5. The number of nitrogens with zero attached hydrogens (tertiary/aromatic N) is 3. The molecule has 2 aliphatic heterocycles. The van der Waals surface area contributed by atoms with Crippen LogP contribution in [-0.2, 0) is 29.1 Å². The van der Waals surface area contributed by atoms with E-state index in [0.717, 1.165) is 72.4 Å². The summed E-state index contributed by atoms with van der Waals surface area (Å²) in [7, 11) is 1.19. The predicted molar refractivity (Wildman–Crippen MR) is 162 cm³/mol. The first-order chi connectivity index (χ1) is 20.3. The van der Waals surface area contributed by atoms with Crippen molar-refractivity contribution >= 4 is 51.1 Å². The van der Waals surface area contributed by atoms with Crippen molar-refractivity contribution in [1.82, 2.24) is 9.21 Å². The normalized spacial score (nSPS) is 15.9. The number of anilines is 2.